The Labute approximate surface area is 121 Å². The molecule has 0 bridgehead atoms. The van der Waals surface area contributed by atoms with E-state index >= 15 is 0 Å². The van der Waals surface area contributed by atoms with Crippen LogP contribution in [0.15, 0.2) is 23.0 Å². The van der Waals surface area contributed by atoms with Gasteiger partial charge in [0.15, 0.2) is 0 Å². The lowest BCUT2D eigenvalue weighted by Crippen LogP contribution is -2.17. The number of hydrogen-bond acceptors (Lipinski definition) is 6. The normalized spacial score (nSPS) is 25.1. The zero-order chi connectivity index (χ0) is 14.8. The van der Waals surface area contributed by atoms with Gasteiger partial charge >= 0.3 is 5.97 Å². The van der Waals surface area contributed by atoms with Gasteiger partial charge in [0.1, 0.15) is 0 Å². The highest BCUT2D eigenvalue weighted by molar-refractivity contribution is 5.71. The van der Waals surface area contributed by atoms with E-state index < -0.39 is 11.9 Å². The summed E-state index contributed by atoms with van der Waals surface area (Å²) in [6.45, 7) is 2.07. The van der Waals surface area contributed by atoms with E-state index in [1.807, 2.05) is 0 Å². The average Bonchev–Trinajstić information content (AvgIpc) is 3.14. The fourth-order valence-corrected chi connectivity index (χ4v) is 2.91. The predicted molar refractivity (Wildman–Crippen MR) is 72.2 cm³/mol. The van der Waals surface area contributed by atoms with Crippen LogP contribution in [-0.4, -0.2) is 31.2 Å². The number of nitrogens with zero attached hydrogens (tertiary/aromatic N) is 4. The Balaban J connectivity index is 1.87. The molecule has 1 aliphatic rings. The fraction of sp³-hybridized carbons (Fsp3) is 0.500. The van der Waals surface area contributed by atoms with Crippen molar-refractivity contribution in [1.82, 2.24) is 20.1 Å². The summed E-state index contributed by atoms with van der Waals surface area (Å²) >= 11 is 0. The number of aliphatic carboxylic acids is 1. The van der Waals surface area contributed by atoms with Crippen molar-refractivity contribution in [2.24, 2.45) is 11.8 Å². The molecule has 1 saturated carbocycles. The van der Waals surface area contributed by atoms with Crippen LogP contribution in [0.25, 0.3) is 11.6 Å². The molecule has 1 N–H and O–H groups in total. The maximum atomic E-state index is 11.4. The molecule has 0 amide bonds. The zero-order valence-electron chi connectivity index (χ0n) is 11.6. The summed E-state index contributed by atoms with van der Waals surface area (Å²) in [5, 5.41) is 13.2. The molecule has 2 aromatic rings. The van der Waals surface area contributed by atoms with Gasteiger partial charge in [-0.05, 0) is 24.8 Å². The summed E-state index contributed by atoms with van der Waals surface area (Å²) in [5.41, 5.74) is 0. The first-order chi connectivity index (χ1) is 10.2. The second-order valence-electron chi connectivity index (χ2n) is 5.33. The number of rotatable bonds is 4. The quantitative estimate of drug-likeness (QED) is 0.919. The van der Waals surface area contributed by atoms with Crippen LogP contribution in [0.5, 0.6) is 0 Å². The molecule has 3 unspecified atom stereocenters. The standard InChI is InChI=1S/C14H16N4O3/c1-2-8-6-9(10(7-8)14(19)20)13-17-12(18-21-13)11-15-4-3-5-16-11/h3-5,8-10H,2,6-7H2,1H3,(H,19,20). The van der Waals surface area contributed by atoms with E-state index in [-0.39, 0.29) is 5.92 Å². The van der Waals surface area contributed by atoms with Crippen LogP contribution in [-0.2, 0) is 4.79 Å². The lowest BCUT2D eigenvalue weighted by molar-refractivity contribution is -0.142. The molecule has 0 aliphatic heterocycles. The van der Waals surface area contributed by atoms with Crippen LogP contribution in [0.4, 0.5) is 0 Å². The third kappa shape index (κ3) is 2.63. The third-order valence-corrected chi connectivity index (χ3v) is 4.08. The highest BCUT2D eigenvalue weighted by atomic mass is 16.5. The first kappa shape index (κ1) is 13.7. The fourth-order valence-electron chi connectivity index (χ4n) is 2.91. The monoisotopic (exact) mass is 288 g/mol. The van der Waals surface area contributed by atoms with Crippen molar-refractivity contribution in [2.45, 2.75) is 32.1 Å². The Morgan fingerprint density at radius 2 is 2.10 bits per heavy atom. The van der Waals surface area contributed by atoms with Gasteiger partial charge in [0.2, 0.25) is 17.5 Å². The maximum absolute atomic E-state index is 11.4. The first-order valence-corrected chi connectivity index (χ1v) is 7.02. The first-order valence-electron chi connectivity index (χ1n) is 7.02. The van der Waals surface area contributed by atoms with Crippen molar-refractivity contribution in [3.63, 3.8) is 0 Å². The largest absolute Gasteiger partial charge is 0.481 e. The predicted octanol–water partition coefficient (Wildman–Crippen LogP) is 2.13. The minimum atomic E-state index is -0.799. The Morgan fingerprint density at radius 1 is 1.33 bits per heavy atom. The number of carboxylic acid groups (broad SMARTS) is 1. The van der Waals surface area contributed by atoms with Crippen LogP contribution < -0.4 is 0 Å². The van der Waals surface area contributed by atoms with E-state index in [9.17, 15) is 9.90 Å². The van der Waals surface area contributed by atoms with E-state index in [0.717, 1.165) is 12.8 Å². The van der Waals surface area contributed by atoms with Crippen LogP contribution >= 0.6 is 0 Å². The van der Waals surface area contributed by atoms with Crippen molar-refractivity contribution >= 4 is 5.97 Å². The van der Waals surface area contributed by atoms with Gasteiger partial charge in [-0.3, -0.25) is 4.79 Å². The molecule has 21 heavy (non-hydrogen) atoms. The molecule has 7 heteroatoms. The smallest absolute Gasteiger partial charge is 0.307 e. The summed E-state index contributed by atoms with van der Waals surface area (Å²) < 4.78 is 5.27. The Bertz CT molecular complexity index is 628. The van der Waals surface area contributed by atoms with Gasteiger partial charge in [0.05, 0.1) is 11.8 Å². The zero-order valence-corrected chi connectivity index (χ0v) is 11.6. The average molecular weight is 288 g/mol. The van der Waals surface area contributed by atoms with Crippen molar-refractivity contribution in [1.29, 1.82) is 0 Å². The minimum absolute atomic E-state index is 0.225. The van der Waals surface area contributed by atoms with Crippen LogP contribution in [0.1, 0.15) is 38.0 Å². The summed E-state index contributed by atoms with van der Waals surface area (Å²) in [6.07, 6.45) is 5.59. The van der Waals surface area contributed by atoms with Gasteiger partial charge in [-0.2, -0.15) is 4.98 Å². The number of carboxylic acids is 1. The van der Waals surface area contributed by atoms with Crippen molar-refractivity contribution in [2.75, 3.05) is 0 Å². The van der Waals surface area contributed by atoms with Gasteiger partial charge in [-0.15, -0.1) is 0 Å². The lowest BCUT2D eigenvalue weighted by atomic mass is 9.96. The topological polar surface area (TPSA) is 102 Å². The molecule has 1 aliphatic carbocycles. The highest BCUT2D eigenvalue weighted by Crippen LogP contribution is 2.44. The summed E-state index contributed by atoms with van der Waals surface area (Å²) in [4.78, 5) is 23.8. The van der Waals surface area contributed by atoms with Gasteiger partial charge in [-0.1, -0.05) is 18.5 Å². The molecule has 0 saturated heterocycles. The minimum Gasteiger partial charge on any atom is -0.481 e. The lowest BCUT2D eigenvalue weighted by Gasteiger charge is -2.09. The number of hydrogen-bond donors (Lipinski definition) is 1. The van der Waals surface area contributed by atoms with E-state index in [1.54, 1.807) is 18.5 Å². The molecule has 110 valence electrons. The Morgan fingerprint density at radius 3 is 2.76 bits per heavy atom. The summed E-state index contributed by atoms with van der Waals surface area (Å²) in [7, 11) is 0. The van der Waals surface area contributed by atoms with E-state index in [2.05, 4.69) is 27.0 Å². The molecule has 0 radical (unpaired) electrons. The molecule has 2 heterocycles. The second-order valence-corrected chi connectivity index (χ2v) is 5.33. The van der Waals surface area contributed by atoms with Gasteiger partial charge in [0.25, 0.3) is 0 Å². The number of carbonyl (C=O) groups is 1. The van der Waals surface area contributed by atoms with Gasteiger partial charge in [-0.25, -0.2) is 9.97 Å². The second kappa shape index (κ2) is 5.59. The van der Waals surface area contributed by atoms with Crippen LogP contribution in [0.3, 0.4) is 0 Å². The molecule has 0 aromatic carbocycles. The molecular weight excluding hydrogens is 272 g/mol. The van der Waals surface area contributed by atoms with Gasteiger partial charge in [0, 0.05) is 12.4 Å². The number of aromatic nitrogens is 4. The third-order valence-electron chi connectivity index (χ3n) is 4.08. The van der Waals surface area contributed by atoms with Crippen molar-refractivity contribution in [3.05, 3.63) is 24.4 Å². The molecule has 2 aromatic heterocycles. The Hall–Kier alpha value is -2.31. The molecule has 0 spiro atoms. The van der Waals surface area contributed by atoms with E-state index in [4.69, 9.17) is 4.52 Å². The molecular formula is C14H16N4O3. The Kier molecular flexibility index (Phi) is 3.64. The SMILES string of the molecule is CCC1CC(C(=O)O)C(c2nc(-c3ncccn3)no2)C1. The van der Waals surface area contributed by atoms with Gasteiger partial charge < -0.3 is 9.63 Å². The van der Waals surface area contributed by atoms with E-state index in [0.29, 0.717) is 29.9 Å². The molecule has 3 atom stereocenters. The molecule has 1 fully saturated rings. The molecule has 3 rings (SSSR count). The van der Waals surface area contributed by atoms with Crippen LogP contribution in [0.2, 0.25) is 0 Å². The van der Waals surface area contributed by atoms with Crippen molar-refractivity contribution < 1.29 is 14.4 Å². The summed E-state index contributed by atoms with van der Waals surface area (Å²) in [5.74, 6) is -0.0386. The van der Waals surface area contributed by atoms with E-state index in [1.165, 1.54) is 0 Å². The summed E-state index contributed by atoms with van der Waals surface area (Å²) in [6, 6.07) is 1.70. The highest BCUT2D eigenvalue weighted by Gasteiger charge is 2.42. The van der Waals surface area contributed by atoms with Crippen LogP contribution in [0, 0.1) is 11.8 Å². The van der Waals surface area contributed by atoms with Crippen molar-refractivity contribution in [3.8, 4) is 11.6 Å². The molecule has 7 nitrogen and oxygen atoms in total. The maximum Gasteiger partial charge on any atom is 0.307 e.